The summed E-state index contributed by atoms with van der Waals surface area (Å²) in [6.07, 6.45) is 3.03. The first-order chi connectivity index (χ1) is 12.0. The van der Waals surface area contributed by atoms with Crippen molar-refractivity contribution in [1.82, 2.24) is 4.98 Å². The molecule has 2 rings (SSSR count). The quantitative estimate of drug-likeness (QED) is 0.711. The van der Waals surface area contributed by atoms with Gasteiger partial charge in [-0.1, -0.05) is 0 Å². The van der Waals surface area contributed by atoms with Crippen LogP contribution in [0.4, 0.5) is 5.69 Å². The van der Waals surface area contributed by atoms with Gasteiger partial charge in [-0.3, -0.25) is 4.79 Å². The number of nitrogens with one attached hydrogen (secondary N) is 1. The number of aromatic carboxylic acids is 1. The predicted molar refractivity (Wildman–Crippen MR) is 95.2 cm³/mol. The van der Waals surface area contributed by atoms with Crippen molar-refractivity contribution in [1.29, 1.82) is 5.26 Å². The van der Waals surface area contributed by atoms with Crippen LogP contribution >= 0.6 is 0 Å². The Labute approximate surface area is 145 Å². The lowest BCUT2D eigenvalue weighted by atomic mass is 10.0. The van der Waals surface area contributed by atoms with Crippen molar-refractivity contribution in [3.05, 3.63) is 39.7 Å². The smallest absolute Gasteiger partial charge is 0.341 e. The number of fused-ring (bicyclic) bond motifs is 1. The number of aromatic amines is 1. The van der Waals surface area contributed by atoms with Crippen molar-refractivity contribution in [3.63, 3.8) is 0 Å². The normalized spacial score (nSPS) is 10.6. The molecule has 0 saturated carbocycles. The number of carboxylic acid groups (broad SMARTS) is 1. The minimum Gasteiger partial charge on any atom is -0.477 e. The number of carbonyl (C=O) groups is 1. The third kappa shape index (κ3) is 4.37. The van der Waals surface area contributed by atoms with Gasteiger partial charge < -0.3 is 19.7 Å². The highest BCUT2D eigenvalue weighted by atomic mass is 16.5. The van der Waals surface area contributed by atoms with E-state index in [1.54, 1.807) is 6.07 Å². The van der Waals surface area contributed by atoms with E-state index in [0.717, 1.165) is 17.7 Å². The number of aromatic nitrogens is 1. The van der Waals surface area contributed by atoms with Crippen LogP contribution in [0.25, 0.3) is 10.9 Å². The van der Waals surface area contributed by atoms with Gasteiger partial charge in [-0.25, -0.2) is 4.79 Å². The predicted octanol–water partition coefficient (Wildman–Crippen LogP) is 2.16. The number of aryl methyl sites for hydroxylation is 1. The van der Waals surface area contributed by atoms with E-state index in [1.165, 1.54) is 6.20 Å². The maximum Gasteiger partial charge on any atom is 0.341 e. The fourth-order valence-corrected chi connectivity index (χ4v) is 2.66. The van der Waals surface area contributed by atoms with Gasteiger partial charge in [0, 0.05) is 38.0 Å². The molecule has 0 spiro atoms. The second kappa shape index (κ2) is 8.31. The fourth-order valence-electron chi connectivity index (χ4n) is 2.66. The number of rotatable bonds is 8. The van der Waals surface area contributed by atoms with Gasteiger partial charge in [0.1, 0.15) is 5.56 Å². The molecular weight excluding hydrogens is 322 g/mol. The summed E-state index contributed by atoms with van der Waals surface area (Å²) >= 11 is 0. The Balaban J connectivity index is 2.31. The summed E-state index contributed by atoms with van der Waals surface area (Å²) < 4.78 is 5.38. The Morgan fingerprint density at radius 2 is 2.12 bits per heavy atom. The van der Waals surface area contributed by atoms with Crippen LogP contribution in [0, 0.1) is 11.3 Å². The van der Waals surface area contributed by atoms with Crippen LogP contribution in [0.15, 0.2) is 23.1 Å². The molecule has 1 heterocycles. The second-order valence-corrected chi connectivity index (χ2v) is 5.88. The summed E-state index contributed by atoms with van der Waals surface area (Å²) in [4.78, 5) is 28.4. The van der Waals surface area contributed by atoms with Crippen molar-refractivity contribution >= 4 is 22.6 Å². The van der Waals surface area contributed by atoms with E-state index in [2.05, 4.69) is 4.98 Å². The zero-order valence-electron chi connectivity index (χ0n) is 14.3. The zero-order chi connectivity index (χ0) is 18.4. The maximum absolute atomic E-state index is 12.4. The molecule has 2 N–H and O–H groups in total. The maximum atomic E-state index is 12.4. The molecule has 1 aromatic heterocycles. The lowest BCUT2D eigenvalue weighted by molar-refractivity contribution is 0.0695. The van der Waals surface area contributed by atoms with E-state index in [1.807, 2.05) is 31.1 Å². The molecule has 0 radical (unpaired) electrons. The highest BCUT2D eigenvalue weighted by Gasteiger charge is 2.14. The highest BCUT2D eigenvalue weighted by Crippen LogP contribution is 2.25. The van der Waals surface area contributed by atoms with Gasteiger partial charge in [-0.2, -0.15) is 5.26 Å². The molecule has 0 aliphatic rings. The summed E-state index contributed by atoms with van der Waals surface area (Å²) in [5.74, 6) is -1.24. The Hall–Kier alpha value is -2.85. The molecule has 0 atom stereocenters. The van der Waals surface area contributed by atoms with E-state index < -0.39 is 11.4 Å². The molecule has 132 valence electrons. The monoisotopic (exact) mass is 343 g/mol. The topological polar surface area (TPSA) is 106 Å². The van der Waals surface area contributed by atoms with Crippen LogP contribution in [-0.2, 0) is 11.2 Å². The molecule has 0 amide bonds. The number of hydrogen-bond acceptors (Lipinski definition) is 5. The van der Waals surface area contributed by atoms with E-state index >= 15 is 0 Å². The largest absolute Gasteiger partial charge is 0.477 e. The molecule has 0 fully saturated rings. The number of nitriles is 1. The number of ether oxygens (including phenoxy) is 1. The fraction of sp³-hybridized carbons (Fsp3) is 0.389. The van der Waals surface area contributed by atoms with E-state index in [9.17, 15) is 9.59 Å². The van der Waals surface area contributed by atoms with Crippen LogP contribution in [0.3, 0.4) is 0 Å². The van der Waals surface area contributed by atoms with Crippen molar-refractivity contribution in [2.75, 3.05) is 32.2 Å². The number of pyridine rings is 1. The van der Waals surface area contributed by atoms with Crippen LogP contribution in [0.2, 0.25) is 0 Å². The molecule has 7 nitrogen and oxygen atoms in total. The van der Waals surface area contributed by atoms with Crippen molar-refractivity contribution < 1.29 is 14.6 Å². The van der Waals surface area contributed by atoms with Gasteiger partial charge in [-0.05, 0) is 30.5 Å². The second-order valence-electron chi connectivity index (χ2n) is 5.88. The van der Waals surface area contributed by atoms with Crippen LogP contribution in [0.5, 0.6) is 0 Å². The lowest BCUT2D eigenvalue weighted by Gasteiger charge is -2.18. The van der Waals surface area contributed by atoms with Crippen LogP contribution in [-0.4, -0.2) is 43.4 Å². The molecule has 0 aliphatic heterocycles. The average Bonchev–Trinajstić information content (AvgIpc) is 2.57. The number of hydrogen-bond donors (Lipinski definition) is 2. The molecular formula is C18H21N3O4. The SMILES string of the molecule is CN(C)c1cc2[nH]cc(C(=O)O)c(=O)c2cc1CCCOCCC#N. The number of nitrogens with zero attached hydrogens (tertiary/aromatic N) is 2. The standard InChI is InChI=1S/C18H21N3O4/c1-21(2)16-10-15-13(17(22)14(11-20-15)18(23)24)9-12(16)5-3-7-25-8-4-6-19/h9-11H,3-5,7-8H2,1-2H3,(H,20,22)(H,23,24). The average molecular weight is 343 g/mol. The van der Waals surface area contributed by atoms with E-state index in [-0.39, 0.29) is 5.56 Å². The summed E-state index contributed by atoms with van der Waals surface area (Å²) in [7, 11) is 3.83. The summed E-state index contributed by atoms with van der Waals surface area (Å²) in [6, 6.07) is 5.63. The minimum absolute atomic E-state index is 0.268. The van der Waals surface area contributed by atoms with Gasteiger partial charge in [0.15, 0.2) is 0 Å². The third-order valence-corrected chi connectivity index (χ3v) is 3.89. The van der Waals surface area contributed by atoms with Crippen LogP contribution in [0.1, 0.15) is 28.8 Å². The molecule has 0 saturated heterocycles. The van der Waals surface area contributed by atoms with Crippen LogP contribution < -0.4 is 10.3 Å². The molecule has 1 aromatic carbocycles. The first-order valence-electron chi connectivity index (χ1n) is 7.99. The van der Waals surface area contributed by atoms with Gasteiger partial charge in [0.05, 0.1) is 24.6 Å². The molecule has 7 heteroatoms. The Morgan fingerprint density at radius 3 is 2.76 bits per heavy atom. The van der Waals surface area contributed by atoms with Gasteiger partial charge in [-0.15, -0.1) is 0 Å². The Bertz CT molecular complexity index is 865. The first kappa shape index (κ1) is 18.5. The van der Waals surface area contributed by atoms with Gasteiger partial charge >= 0.3 is 5.97 Å². The molecule has 0 bridgehead atoms. The first-order valence-corrected chi connectivity index (χ1v) is 7.99. The highest BCUT2D eigenvalue weighted by molar-refractivity contribution is 5.93. The number of H-pyrrole nitrogens is 1. The third-order valence-electron chi connectivity index (χ3n) is 3.89. The van der Waals surface area contributed by atoms with Crippen molar-refractivity contribution in [2.45, 2.75) is 19.3 Å². The number of carboxylic acids is 1. The van der Waals surface area contributed by atoms with Gasteiger partial charge in [0.25, 0.3) is 0 Å². The van der Waals surface area contributed by atoms with Crippen molar-refractivity contribution in [2.24, 2.45) is 0 Å². The Morgan fingerprint density at radius 1 is 1.36 bits per heavy atom. The summed E-state index contributed by atoms with van der Waals surface area (Å²) in [5.41, 5.74) is 1.76. The molecule has 0 unspecified atom stereocenters. The summed E-state index contributed by atoms with van der Waals surface area (Å²) in [6.45, 7) is 0.939. The molecule has 0 aliphatic carbocycles. The lowest BCUT2D eigenvalue weighted by Crippen LogP contribution is -2.17. The van der Waals surface area contributed by atoms with E-state index in [4.69, 9.17) is 15.1 Å². The number of benzene rings is 1. The summed E-state index contributed by atoms with van der Waals surface area (Å²) in [5, 5.41) is 18.0. The minimum atomic E-state index is -1.24. The zero-order valence-corrected chi connectivity index (χ0v) is 14.3. The molecule has 2 aromatic rings. The van der Waals surface area contributed by atoms with E-state index in [0.29, 0.717) is 37.0 Å². The van der Waals surface area contributed by atoms with Crippen molar-refractivity contribution in [3.8, 4) is 6.07 Å². The Kier molecular flexibility index (Phi) is 6.14. The number of anilines is 1. The molecule has 25 heavy (non-hydrogen) atoms. The van der Waals surface area contributed by atoms with Gasteiger partial charge in [0.2, 0.25) is 5.43 Å².